The lowest BCUT2D eigenvalue weighted by Crippen LogP contribution is -1.98. The molecule has 2 heterocycles. The number of nitrogens with zero attached hydrogens (tertiary/aromatic N) is 2. The monoisotopic (exact) mass is 349 g/mol. The summed E-state index contributed by atoms with van der Waals surface area (Å²) in [6, 6.07) is 16.5. The Bertz CT molecular complexity index is 1000. The Kier molecular flexibility index (Phi) is 4.15. The molecular weight excluding hydrogens is 330 g/mol. The van der Waals surface area contributed by atoms with Crippen molar-refractivity contribution in [3.8, 4) is 17.0 Å². The van der Waals surface area contributed by atoms with Crippen molar-refractivity contribution >= 4 is 27.4 Å². The van der Waals surface area contributed by atoms with Gasteiger partial charge in [0, 0.05) is 42.2 Å². The highest BCUT2D eigenvalue weighted by atomic mass is 32.1. The lowest BCUT2D eigenvalue weighted by Gasteiger charge is -2.02. The highest BCUT2D eigenvalue weighted by Crippen LogP contribution is 2.34. The number of fused-ring (bicyclic) bond motifs is 1. The van der Waals surface area contributed by atoms with Gasteiger partial charge in [0.25, 0.3) is 0 Å². The lowest BCUT2D eigenvalue weighted by atomic mass is 10.1. The van der Waals surface area contributed by atoms with Gasteiger partial charge in [0.15, 0.2) is 5.13 Å². The zero-order valence-electron chi connectivity index (χ0n) is 14.2. The molecule has 5 heteroatoms. The molecule has 4 rings (SSSR count). The summed E-state index contributed by atoms with van der Waals surface area (Å²) in [5.74, 6) is 0.865. The quantitative estimate of drug-likeness (QED) is 0.556. The number of ether oxygens (including phenoxy) is 1. The summed E-state index contributed by atoms with van der Waals surface area (Å²) in [4.78, 5) is 4.76. The Morgan fingerprint density at radius 3 is 2.80 bits per heavy atom. The maximum atomic E-state index is 5.33. The number of methoxy groups -OCH3 is 1. The zero-order chi connectivity index (χ0) is 17.2. The number of thiazole rings is 1. The fourth-order valence-corrected chi connectivity index (χ4v) is 3.66. The number of anilines is 1. The van der Waals surface area contributed by atoms with Crippen LogP contribution < -0.4 is 10.1 Å². The molecule has 126 valence electrons. The molecule has 0 bridgehead atoms. The molecule has 4 aromatic rings. The van der Waals surface area contributed by atoms with Crippen molar-refractivity contribution in [1.29, 1.82) is 0 Å². The van der Waals surface area contributed by atoms with Crippen molar-refractivity contribution in [3.63, 3.8) is 0 Å². The normalized spacial score (nSPS) is 11.0. The first-order chi connectivity index (χ1) is 12.2. The average Bonchev–Trinajstić information content (AvgIpc) is 3.25. The van der Waals surface area contributed by atoms with E-state index in [-0.39, 0.29) is 0 Å². The number of aryl methyl sites for hydroxylation is 1. The van der Waals surface area contributed by atoms with E-state index in [1.165, 1.54) is 10.9 Å². The van der Waals surface area contributed by atoms with E-state index in [0.29, 0.717) is 0 Å². The number of rotatable bonds is 5. The molecular formula is C20H19N3OS. The van der Waals surface area contributed by atoms with Crippen molar-refractivity contribution in [2.24, 2.45) is 7.05 Å². The van der Waals surface area contributed by atoms with Gasteiger partial charge in [-0.1, -0.05) is 30.3 Å². The van der Waals surface area contributed by atoms with Crippen molar-refractivity contribution < 1.29 is 4.74 Å². The van der Waals surface area contributed by atoms with Crippen LogP contribution in [-0.2, 0) is 13.6 Å². The van der Waals surface area contributed by atoms with E-state index in [9.17, 15) is 0 Å². The van der Waals surface area contributed by atoms with Gasteiger partial charge in [-0.05, 0) is 17.7 Å². The largest absolute Gasteiger partial charge is 0.497 e. The summed E-state index contributed by atoms with van der Waals surface area (Å²) in [6.45, 7) is 0.778. The molecule has 0 aliphatic rings. The molecule has 0 saturated carbocycles. The molecule has 0 atom stereocenters. The number of benzene rings is 2. The van der Waals surface area contributed by atoms with Crippen LogP contribution in [0.5, 0.6) is 5.75 Å². The van der Waals surface area contributed by atoms with Gasteiger partial charge in [-0.25, -0.2) is 4.98 Å². The number of hydrogen-bond donors (Lipinski definition) is 1. The topological polar surface area (TPSA) is 39.1 Å². The van der Waals surface area contributed by atoms with Crippen molar-refractivity contribution in [3.05, 3.63) is 65.7 Å². The molecule has 0 amide bonds. The minimum absolute atomic E-state index is 0.778. The Labute approximate surface area is 150 Å². The van der Waals surface area contributed by atoms with Crippen LogP contribution in [0.4, 0.5) is 5.13 Å². The molecule has 4 nitrogen and oxygen atoms in total. The third-order valence-corrected chi connectivity index (χ3v) is 5.06. The maximum absolute atomic E-state index is 5.33. The predicted molar refractivity (Wildman–Crippen MR) is 104 cm³/mol. The Morgan fingerprint density at radius 2 is 2.00 bits per heavy atom. The van der Waals surface area contributed by atoms with E-state index in [0.717, 1.165) is 34.2 Å². The molecule has 0 saturated heterocycles. The van der Waals surface area contributed by atoms with Crippen LogP contribution in [0.1, 0.15) is 5.56 Å². The van der Waals surface area contributed by atoms with E-state index in [1.54, 1.807) is 18.4 Å². The van der Waals surface area contributed by atoms with Crippen LogP contribution in [0.15, 0.2) is 60.1 Å². The van der Waals surface area contributed by atoms with Gasteiger partial charge in [0.1, 0.15) is 5.75 Å². The fourth-order valence-electron chi connectivity index (χ4n) is 2.95. The number of nitrogens with one attached hydrogen (secondary N) is 1. The van der Waals surface area contributed by atoms with E-state index in [4.69, 9.17) is 9.72 Å². The summed E-state index contributed by atoms with van der Waals surface area (Å²) in [5, 5.41) is 7.63. The molecule has 0 spiro atoms. The molecule has 1 N–H and O–H groups in total. The van der Waals surface area contributed by atoms with E-state index >= 15 is 0 Å². The minimum atomic E-state index is 0.778. The molecule has 0 aliphatic carbocycles. The first-order valence-electron chi connectivity index (χ1n) is 8.11. The number of hydrogen-bond acceptors (Lipinski definition) is 4. The van der Waals surface area contributed by atoms with Gasteiger partial charge in [-0.15, -0.1) is 11.3 Å². The number of aromatic nitrogens is 2. The lowest BCUT2D eigenvalue weighted by molar-refractivity contribution is 0.415. The molecule has 25 heavy (non-hydrogen) atoms. The van der Waals surface area contributed by atoms with Gasteiger partial charge in [-0.3, -0.25) is 0 Å². The minimum Gasteiger partial charge on any atom is -0.497 e. The maximum Gasteiger partial charge on any atom is 0.183 e. The first kappa shape index (κ1) is 15.7. The molecule has 0 aliphatic heterocycles. The molecule has 2 aromatic carbocycles. The third-order valence-electron chi connectivity index (χ3n) is 4.26. The smallest absolute Gasteiger partial charge is 0.183 e. The van der Waals surface area contributed by atoms with Crippen molar-refractivity contribution in [2.45, 2.75) is 6.54 Å². The highest BCUT2D eigenvalue weighted by molar-refractivity contribution is 7.14. The Hall–Kier alpha value is -2.79. The van der Waals surface area contributed by atoms with Gasteiger partial charge in [-0.2, -0.15) is 0 Å². The fraction of sp³-hybridized carbons (Fsp3) is 0.150. The summed E-state index contributed by atoms with van der Waals surface area (Å²) >= 11 is 1.63. The summed E-state index contributed by atoms with van der Waals surface area (Å²) in [5.41, 5.74) is 4.53. The van der Waals surface area contributed by atoms with Crippen LogP contribution in [0.2, 0.25) is 0 Å². The molecule has 2 aromatic heterocycles. The van der Waals surface area contributed by atoms with E-state index < -0.39 is 0 Å². The Balaban J connectivity index is 1.60. The van der Waals surface area contributed by atoms with Crippen molar-refractivity contribution in [2.75, 3.05) is 12.4 Å². The van der Waals surface area contributed by atoms with Crippen molar-refractivity contribution in [1.82, 2.24) is 9.55 Å². The molecule has 0 fully saturated rings. The van der Waals surface area contributed by atoms with Gasteiger partial charge in [0.2, 0.25) is 0 Å². The van der Waals surface area contributed by atoms with Crippen LogP contribution in [-0.4, -0.2) is 16.7 Å². The van der Waals surface area contributed by atoms with Crippen LogP contribution in [0, 0.1) is 0 Å². The highest BCUT2D eigenvalue weighted by Gasteiger charge is 2.12. The summed E-state index contributed by atoms with van der Waals surface area (Å²) in [6.07, 6.45) is 2.13. The third kappa shape index (κ3) is 3.10. The predicted octanol–water partition coefficient (Wildman–Crippen LogP) is 4.92. The van der Waals surface area contributed by atoms with E-state index in [2.05, 4.69) is 57.9 Å². The second-order valence-electron chi connectivity index (χ2n) is 5.91. The molecule has 0 unspecified atom stereocenters. The van der Waals surface area contributed by atoms with Gasteiger partial charge < -0.3 is 14.6 Å². The Morgan fingerprint density at radius 1 is 1.16 bits per heavy atom. The summed E-state index contributed by atoms with van der Waals surface area (Å²) in [7, 11) is 3.74. The second-order valence-corrected chi connectivity index (χ2v) is 6.77. The van der Waals surface area contributed by atoms with Crippen LogP contribution in [0.25, 0.3) is 22.2 Å². The van der Waals surface area contributed by atoms with E-state index in [1.807, 2.05) is 19.2 Å². The summed E-state index contributed by atoms with van der Waals surface area (Å²) < 4.78 is 7.45. The SMILES string of the molecule is COc1ccc2c(-c3csc(NCc4ccccc4)n3)cn(C)c2c1. The van der Waals surface area contributed by atoms with Gasteiger partial charge >= 0.3 is 0 Å². The average molecular weight is 349 g/mol. The first-order valence-corrected chi connectivity index (χ1v) is 8.99. The van der Waals surface area contributed by atoms with Gasteiger partial charge in [0.05, 0.1) is 18.3 Å². The second kappa shape index (κ2) is 6.61. The van der Waals surface area contributed by atoms with Crippen LogP contribution in [0.3, 0.4) is 0 Å². The standard InChI is InChI=1S/C20H19N3OS/c1-23-12-17(16-9-8-15(24-2)10-19(16)23)18-13-25-20(22-18)21-11-14-6-4-3-5-7-14/h3-10,12-13H,11H2,1-2H3,(H,21,22). The molecule has 0 radical (unpaired) electrons. The zero-order valence-corrected chi connectivity index (χ0v) is 15.0. The van der Waals surface area contributed by atoms with Crippen LogP contribution >= 0.6 is 11.3 Å².